The van der Waals surface area contributed by atoms with Gasteiger partial charge >= 0.3 is 0 Å². The lowest BCUT2D eigenvalue weighted by atomic mass is 10.1. The van der Waals surface area contributed by atoms with Crippen molar-refractivity contribution in [3.8, 4) is 11.1 Å². The molecule has 0 saturated heterocycles. The predicted octanol–water partition coefficient (Wildman–Crippen LogP) is 5.21. The number of fused-ring (bicyclic) bond motifs is 8. The van der Waals surface area contributed by atoms with Crippen molar-refractivity contribution < 1.29 is 5.11 Å². The van der Waals surface area contributed by atoms with E-state index in [9.17, 15) is 5.11 Å². The number of rotatable bonds is 2. The van der Waals surface area contributed by atoms with Gasteiger partial charge in [0.25, 0.3) is 0 Å². The number of hydrogen-bond donors (Lipinski definition) is 3. The number of pyridine rings is 1. The molecule has 6 rings (SSSR count). The van der Waals surface area contributed by atoms with Crippen LogP contribution in [0, 0.1) is 0 Å². The van der Waals surface area contributed by atoms with Gasteiger partial charge in [0.15, 0.2) is 0 Å². The summed E-state index contributed by atoms with van der Waals surface area (Å²) >= 11 is 0. The second-order valence-electron chi connectivity index (χ2n) is 7.78. The van der Waals surface area contributed by atoms with E-state index in [1.165, 1.54) is 0 Å². The number of aliphatic hydroxyl groups is 1. The molecule has 6 heterocycles. The van der Waals surface area contributed by atoms with Gasteiger partial charge in [0, 0.05) is 39.4 Å². The summed E-state index contributed by atoms with van der Waals surface area (Å²) in [6.45, 7) is -0.0770. The Hall–Kier alpha value is -4.29. The predicted molar refractivity (Wildman–Crippen MR) is 128 cm³/mol. The van der Waals surface area contributed by atoms with Crippen LogP contribution in [-0.4, -0.2) is 30.0 Å². The van der Waals surface area contributed by atoms with E-state index in [-0.39, 0.29) is 6.61 Å². The van der Waals surface area contributed by atoms with Crippen LogP contribution >= 0.6 is 0 Å². The molecule has 0 atom stereocenters. The number of aliphatic hydroxyl groups excluding tert-OH is 1. The molecule has 4 aromatic heterocycles. The lowest BCUT2D eigenvalue weighted by molar-refractivity contribution is 0.277. The first-order valence-corrected chi connectivity index (χ1v) is 10.4. The minimum Gasteiger partial charge on any atom is -0.390 e. The van der Waals surface area contributed by atoms with E-state index in [1.54, 1.807) is 6.20 Å². The van der Waals surface area contributed by atoms with Gasteiger partial charge in [-0.3, -0.25) is 4.98 Å². The Kier molecular flexibility index (Phi) is 4.30. The third-order valence-corrected chi connectivity index (χ3v) is 5.47. The Morgan fingerprint density at radius 1 is 0.656 bits per heavy atom. The average Bonchev–Trinajstić information content (AvgIpc) is 3.59. The van der Waals surface area contributed by atoms with Crippen LogP contribution in [0.15, 0.2) is 60.8 Å². The lowest BCUT2D eigenvalue weighted by Crippen LogP contribution is -1.88. The van der Waals surface area contributed by atoms with Crippen LogP contribution in [0.1, 0.15) is 28.5 Å². The summed E-state index contributed by atoms with van der Waals surface area (Å²) in [5.74, 6) is 0. The van der Waals surface area contributed by atoms with Crippen molar-refractivity contribution in [2.45, 2.75) is 6.61 Å². The molecule has 32 heavy (non-hydrogen) atoms. The maximum Gasteiger partial charge on any atom is 0.0852 e. The molecule has 0 saturated carbocycles. The van der Waals surface area contributed by atoms with Gasteiger partial charge in [-0.05, 0) is 72.8 Å². The molecule has 0 aromatic carbocycles. The molecule has 6 nitrogen and oxygen atoms in total. The number of nitrogens with zero attached hydrogens (tertiary/aromatic N) is 3. The normalized spacial score (nSPS) is 12.4. The van der Waals surface area contributed by atoms with Crippen LogP contribution in [0.3, 0.4) is 0 Å². The highest BCUT2D eigenvalue weighted by Gasteiger charge is 2.08. The quantitative estimate of drug-likeness (QED) is 0.361. The van der Waals surface area contributed by atoms with Crippen LogP contribution in [0.5, 0.6) is 0 Å². The van der Waals surface area contributed by atoms with Gasteiger partial charge in [0.1, 0.15) is 0 Å². The van der Waals surface area contributed by atoms with E-state index in [1.807, 2.05) is 72.8 Å². The highest BCUT2D eigenvalue weighted by Crippen LogP contribution is 2.27. The Bertz CT molecular complexity index is 1550. The maximum atomic E-state index is 9.32. The van der Waals surface area contributed by atoms with Crippen molar-refractivity contribution in [2.75, 3.05) is 0 Å². The molecule has 0 unspecified atom stereocenters. The minimum absolute atomic E-state index is 0.0770. The summed E-state index contributed by atoms with van der Waals surface area (Å²) in [7, 11) is 0. The Labute approximate surface area is 183 Å². The standard InChI is InChI=1S/C26H19N5O/c32-15-23-2-1-16(14-27-23)25-12-24-11-21-6-5-19(29-21)9-17-3-4-18(28-17)10-20-7-8-22(30-20)13-26(25)31-24/h1-14,28,31-32H,15H2. The summed E-state index contributed by atoms with van der Waals surface area (Å²) in [5.41, 5.74) is 10.0. The number of H-pyrrole nitrogens is 2. The van der Waals surface area contributed by atoms with Crippen molar-refractivity contribution in [1.29, 1.82) is 0 Å². The summed E-state index contributed by atoms with van der Waals surface area (Å²) in [5, 5.41) is 9.32. The second-order valence-corrected chi connectivity index (χ2v) is 7.78. The fourth-order valence-electron chi connectivity index (χ4n) is 3.93. The van der Waals surface area contributed by atoms with Crippen molar-refractivity contribution in [3.63, 3.8) is 0 Å². The van der Waals surface area contributed by atoms with E-state index in [0.717, 1.165) is 56.0 Å². The molecule has 0 amide bonds. The van der Waals surface area contributed by atoms with Crippen LogP contribution in [-0.2, 0) is 6.61 Å². The van der Waals surface area contributed by atoms with Gasteiger partial charge in [-0.2, -0.15) is 0 Å². The van der Waals surface area contributed by atoms with Crippen molar-refractivity contribution in [3.05, 3.63) is 89.3 Å². The first-order chi connectivity index (χ1) is 15.7. The fraction of sp³-hybridized carbons (Fsp3) is 0.0385. The van der Waals surface area contributed by atoms with Gasteiger partial charge in [-0.25, -0.2) is 9.97 Å². The molecule has 154 valence electrons. The summed E-state index contributed by atoms with van der Waals surface area (Å²) in [4.78, 5) is 20.7. The third-order valence-electron chi connectivity index (χ3n) is 5.47. The molecule has 4 aromatic rings. The van der Waals surface area contributed by atoms with Gasteiger partial charge in [0.2, 0.25) is 0 Å². The van der Waals surface area contributed by atoms with Gasteiger partial charge in [-0.15, -0.1) is 0 Å². The molecule has 0 fully saturated rings. The number of aromatic nitrogens is 5. The fourth-order valence-corrected chi connectivity index (χ4v) is 3.93. The molecule has 0 aliphatic carbocycles. The summed E-state index contributed by atoms with van der Waals surface area (Å²) in [6, 6.07) is 18.1. The van der Waals surface area contributed by atoms with E-state index in [4.69, 9.17) is 9.97 Å². The van der Waals surface area contributed by atoms with Crippen LogP contribution in [0.4, 0.5) is 0 Å². The maximum absolute atomic E-state index is 9.32. The minimum atomic E-state index is -0.0770. The zero-order chi connectivity index (χ0) is 21.5. The zero-order valence-corrected chi connectivity index (χ0v) is 17.1. The first-order valence-electron chi connectivity index (χ1n) is 10.4. The molecular formula is C26H19N5O. The zero-order valence-electron chi connectivity index (χ0n) is 17.1. The highest BCUT2D eigenvalue weighted by molar-refractivity contribution is 5.87. The number of nitrogens with one attached hydrogen (secondary N) is 2. The smallest absolute Gasteiger partial charge is 0.0852 e. The molecule has 6 heteroatoms. The van der Waals surface area contributed by atoms with Gasteiger partial charge in [-0.1, -0.05) is 6.07 Å². The Balaban J connectivity index is 1.64. The van der Waals surface area contributed by atoms with Gasteiger partial charge in [0.05, 0.1) is 35.1 Å². The monoisotopic (exact) mass is 417 g/mol. The summed E-state index contributed by atoms with van der Waals surface area (Å²) in [6.07, 6.45) is 9.81. The molecule has 3 N–H and O–H groups in total. The molecule has 0 spiro atoms. The Morgan fingerprint density at radius 2 is 1.28 bits per heavy atom. The van der Waals surface area contributed by atoms with E-state index >= 15 is 0 Å². The largest absolute Gasteiger partial charge is 0.390 e. The molecule has 8 bridgehead atoms. The molecule has 2 aliphatic rings. The number of aromatic amines is 2. The second kappa shape index (κ2) is 7.44. The highest BCUT2D eigenvalue weighted by atomic mass is 16.3. The van der Waals surface area contributed by atoms with Crippen molar-refractivity contribution >= 4 is 46.4 Å². The van der Waals surface area contributed by atoms with Crippen molar-refractivity contribution in [1.82, 2.24) is 24.9 Å². The van der Waals surface area contributed by atoms with Gasteiger partial charge < -0.3 is 15.1 Å². The molecule has 0 radical (unpaired) electrons. The molecule has 2 aliphatic heterocycles. The van der Waals surface area contributed by atoms with Crippen molar-refractivity contribution in [2.24, 2.45) is 0 Å². The van der Waals surface area contributed by atoms with Crippen LogP contribution in [0.2, 0.25) is 0 Å². The van der Waals surface area contributed by atoms with E-state index in [2.05, 4.69) is 21.0 Å². The van der Waals surface area contributed by atoms with Crippen LogP contribution < -0.4 is 0 Å². The average molecular weight is 417 g/mol. The summed E-state index contributed by atoms with van der Waals surface area (Å²) < 4.78 is 0. The first kappa shape index (κ1) is 18.5. The third kappa shape index (κ3) is 3.53. The number of hydrogen-bond acceptors (Lipinski definition) is 4. The lowest BCUT2D eigenvalue weighted by Gasteiger charge is -2.00. The van der Waals surface area contributed by atoms with E-state index < -0.39 is 0 Å². The topological polar surface area (TPSA) is 90.5 Å². The Morgan fingerprint density at radius 3 is 1.88 bits per heavy atom. The SMILES string of the molecule is OCc1ccc(-c2cc3cc4nc(cc5ccc(cc6nc(cc2[nH]3)C=C6)[nH]5)C=C4)cn1. The molecular weight excluding hydrogens is 398 g/mol. The van der Waals surface area contributed by atoms with Crippen LogP contribution in [0.25, 0.3) is 57.5 Å². The van der Waals surface area contributed by atoms with E-state index in [0.29, 0.717) is 5.69 Å².